The summed E-state index contributed by atoms with van der Waals surface area (Å²) in [4.78, 5) is 2.38. The predicted molar refractivity (Wildman–Crippen MR) is 103 cm³/mol. The number of anilines is 1. The summed E-state index contributed by atoms with van der Waals surface area (Å²) in [5, 5.41) is 4.98. The molecule has 2 aromatic rings. The zero-order chi connectivity index (χ0) is 16.8. The van der Waals surface area contributed by atoms with Crippen molar-refractivity contribution in [3.8, 4) is 11.1 Å². The van der Waals surface area contributed by atoms with Gasteiger partial charge in [-0.15, -0.1) is 0 Å². The smallest absolute Gasteiger partial charge is 0.0672 e. The molecule has 23 heavy (non-hydrogen) atoms. The first-order valence-electron chi connectivity index (χ1n) is 8.08. The minimum atomic E-state index is 0.743. The van der Waals surface area contributed by atoms with Crippen LogP contribution >= 0.6 is 23.2 Å². The lowest BCUT2D eigenvalue weighted by molar-refractivity contribution is 0.316. The number of nitrogens with one attached hydrogen (secondary N) is 1. The van der Waals surface area contributed by atoms with Crippen molar-refractivity contribution in [2.45, 2.75) is 20.8 Å². The molecule has 0 amide bonds. The second-order valence-corrected chi connectivity index (χ2v) is 6.37. The zero-order valence-corrected chi connectivity index (χ0v) is 15.5. The largest absolute Gasteiger partial charge is 0.383 e. The van der Waals surface area contributed by atoms with Crippen LogP contribution in [0.2, 0.25) is 10.0 Å². The van der Waals surface area contributed by atoms with Crippen LogP contribution in [0.3, 0.4) is 0 Å². The maximum absolute atomic E-state index is 6.56. The van der Waals surface area contributed by atoms with Gasteiger partial charge < -0.3 is 10.2 Å². The van der Waals surface area contributed by atoms with Crippen molar-refractivity contribution in [1.29, 1.82) is 0 Å². The standard InChI is InChI=1S/C19H24Cl2N2/c1-4-23(5-2)13-12-22-18-11-10-17(14(3)19(18)21)15-6-8-16(20)9-7-15/h6-11,22H,4-5,12-13H2,1-3H3. The van der Waals surface area contributed by atoms with E-state index < -0.39 is 0 Å². The summed E-state index contributed by atoms with van der Waals surface area (Å²) < 4.78 is 0. The highest BCUT2D eigenvalue weighted by Gasteiger charge is 2.10. The molecule has 0 aliphatic heterocycles. The van der Waals surface area contributed by atoms with Gasteiger partial charge in [-0.3, -0.25) is 0 Å². The minimum Gasteiger partial charge on any atom is -0.383 e. The van der Waals surface area contributed by atoms with Gasteiger partial charge >= 0.3 is 0 Å². The topological polar surface area (TPSA) is 15.3 Å². The third-order valence-electron chi connectivity index (χ3n) is 4.18. The molecule has 0 fully saturated rings. The third-order valence-corrected chi connectivity index (χ3v) is 4.92. The maximum atomic E-state index is 6.56. The number of nitrogens with zero attached hydrogens (tertiary/aromatic N) is 1. The highest BCUT2D eigenvalue weighted by Crippen LogP contribution is 2.34. The molecule has 0 bridgehead atoms. The minimum absolute atomic E-state index is 0.743. The quantitative estimate of drug-likeness (QED) is 0.686. The molecule has 2 rings (SSSR count). The van der Waals surface area contributed by atoms with Crippen molar-refractivity contribution in [3.05, 3.63) is 52.0 Å². The van der Waals surface area contributed by atoms with Crippen LogP contribution in [0, 0.1) is 6.92 Å². The van der Waals surface area contributed by atoms with E-state index >= 15 is 0 Å². The van der Waals surface area contributed by atoms with Crippen LogP contribution in [0.4, 0.5) is 5.69 Å². The number of likely N-dealkylation sites (N-methyl/N-ethyl adjacent to an activating group) is 1. The summed E-state index contributed by atoms with van der Waals surface area (Å²) >= 11 is 12.5. The van der Waals surface area contributed by atoms with E-state index in [-0.39, 0.29) is 0 Å². The van der Waals surface area contributed by atoms with Crippen LogP contribution in [0.15, 0.2) is 36.4 Å². The Morgan fingerprint density at radius 1 is 0.957 bits per heavy atom. The van der Waals surface area contributed by atoms with E-state index in [9.17, 15) is 0 Å². The van der Waals surface area contributed by atoms with Gasteiger partial charge in [-0.25, -0.2) is 0 Å². The lowest BCUT2D eigenvalue weighted by atomic mass is 10.00. The van der Waals surface area contributed by atoms with Gasteiger partial charge in [0.15, 0.2) is 0 Å². The number of benzene rings is 2. The van der Waals surface area contributed by atoms with Gasteiger partial charge in [-0.1, -0.05) is 55.2 Å². The molecule has 0 spiro atoms. The zero-order valence-electron chi connectivity index (χ0n) is 14.0. The van der Waals surface area contributed by atoms with E-state index in [1.165, 1.54) is 0 Å². The Labute approximate surface area is 149 Å². The molecule has 1 N–H and O–H groups in total. The molecular formula is C19H24Cl2N2. The average molecular weight is 351 g/mol. The molecule has 0 saturated heterocycles. The van der Waals surface area contributed by atoms with Gasteiger partial charge in [-0.05, 0) is 54.9 Å². The summed E-state index contributed by atoms with van der Waals surface area (Å²) in [5.41, 5.74) is 4.35. The SMILES string of the molecule is CCN(CC)CCNc1ccc(-c2ccc(Cl)cc2)c(C)c1Cl. The van der Waals surface area contributed by atoms with E-state index in [0.29, 0.717) is 0 Å². The van der Waals surface area contributed by atoms with Gasteiger partial charge in [-0.2, -0.15) is 0 Å². The van der Waals surface area contributed by atoms with Gasteiger partial charge in [0, 0.05) is 18.1 Å². The molecule has 0 radical (unpaired) electrons. The van der Waals surface area contributed by atoms with E-state index in [1.807, 2.05) is 24.3 Å². The Hall–Kier alpha value is -1.22. The van der Waals surface area contributed by atoms with Gasteiger partial charge in [0.25, 0.3) is 0 Å². The highest BCUT2D eigenvalue weighted by atomic mass is 35.5. The van der Waals surface area contributed by atoms with Gasteiger partial charge in [0.05, 0.1) is 10.7 Å². The molecule has 124 valence electrons. The van der Waals surface area contributed by atoms with E-state index in [1.54, 1.807) is 0 Å². The third kappa shape index (κ3) is 4.63. The van der Waals surface area contributed by atoms with Crippen molar-refractivity contribution in [2.24, 2.45) is 0 Å². The Morgan fingerprint density at radius 3 is 2.22 bits per heavy atom. The monoisotopic (exact) mass is 350 g/mol. The predicted octanol–water partition coefficient (Wildman–Crippen LogP) is 5.72. The maximum Gasteiger partial charge on any atom is 0.0672 e. The average Bonchev–Trinajstić information content (AvgIpc) is 2.56. The van der Waals surface area contributed by atoms with Crippen LogP contribution in [-0.2, 0) is 0 Å². The van der Waals surface area contributed by atoms with Crippen LogP contribution in [0.25, 0.3) is 11.1 Å². The van der Waals surface area contributed by atoms with Crippen molar-refractivity contribution < 1.29 is 0 Å². The van der Waals surface area contributed by atoms with E-state index in [2.05, 4.69) is 43.1 Å². The van der Waals surface area contributed by atoms with Crippen molar-refractivity contribution in [1.82, 2.24) is 4.90 Å². The normalized spacial score (nSPS) is 11.0. The Kier molecular flexibility index (Phi) is 6.76. The van der Waals surface area contributed by atoms with Crippen molar-refractivity contribution in [3.63, 3.8) is 0 Å². The molecule has 0 aliphatic carbocycles. The van der Waals surface area contributed by atoms with Crippen LogP contribution in [0.5, 0.6) is 0 Å². The van der Waals surface area contributed by atoms with Crippen molar-refractivity contribution in [2.75, 3.05) is 31.5 Å². The van der Waals surface area contributed by atoms with E-state index in [0.717, 1.165) is 58.6 Å². The summed E-state index contributed by atoms with van der Waals surface area (Å²) in [7, 11) is 0. The molecule has 0 heterocycles. The van der Waals surface area contributed by atoms with Gasteiger partial charge in [0.1, 0.15) is 0 Å². The van der Waals surface area contributed by atoms with Gasteiger partial charge in [0.2, 0.25) is 0 Å². The molecular weight excluding hydrogens is 327 g/mol. The molecule has 4 heteroatoms. The summed E-state index contributed by atoms with van der Waals surface area (Å²) in [6.07, 6.45) is 0. The second-order valence-electron chi connectivity index (χ2n) is 5.56. The molecule has 0 unspecified atom stereocenters. The van der Waals surface area contributed by atoms with E-state index in [4.69, 9.17) is 23.2 Å². The first-order chi connectivity index (χ1) is 11.1. The lowest BCUT2D eigenvalue weighted by Crippen LogP contribution is -2.28. The molecule has 2 nitrogen and oxygen atoms in total. The van der Waals surface area contributed by atoms with Crippen LogP contribution in [0.1, 0.15) is 19.4 Å². The first kappa shape index (κ1) is 18.1. The number of rotatable bonds is 7. The molecule has 0 saturated carbocycles. The summed E-state index contributed by atoms with van der Waals surface area (Å²) in [6, 6.07) is 12.0. The Balaban J connectivity index is 2.12. The fourth-order valence-corrected chi connectivity index (χ4v) is 3.01. The molecule has 0 aromatic heterocycles. The molecule has 0 atom stereocenters. The lowest BCUT2D eigenvalue weighted by Gasteiger charge is -2.19. The molecule has 2 aromatic carbocycles. The molecule has 0 aliphatic rings. The highest BCUT2D eigenvalue weighted by molar-refractivity contribution is 6.34. The number of hydrogen-bond donors (Lipinski definition) is 1. The van der Waals surface area contributed by atoms with Crippen LogP contribution in [-0.4, -0.2) is 31.1 Å². The number of hydrogen-bond acceptors (Lipinski definition) is 2. The fourth-order valence-electron chi connectivity index (χ4n) is 2.65. The van der Waals surface area contributed by atoms with Crippen molar-refractivity contribution >= 4 is 28.9 Å². The van der Waals surface area contributed by atoms with Crippen LogP contribution < -0.4 is 5.32 Å². The Morgan fingerprint density at radius 2 is 1.61 bits per heavy atom. The second kappa shape index (κ2) is 8.58. The fraction of sp³-hybridized carbons (Fsp3) is 0.368. The first-order valence-corrected chi connectivity index (χ1v) is 8.83. The summed E-state index contributed by atoms with van der Waals surface area (Å²) in [5.74, 6) is 0. The number of halogens is 2. The summed E-state index contributed by atoms with van der Waals surface area (Å²) in [6.45, 7) is 10.5. The Bertz CT molecular complexity index is 635.